The number of aryl methyl sites for hydroxylation is 4. The predicted molar refractivity (Wildman–Crippen MR) is 129 cm³/mol. The van der Waals surface area contributed by atoms with Crippen LogP contribution in [0.1, 0.15) is 64.7 Å². The van der Waals surface area contributed by atoms with Crippen LogP contribution in [0.2, 0.25) is 0 Å². The van der Waals surface area contributed by atoms with Crippen LogP contribution >= 0.6 is 15.9 Å². The molecular formula is C26H32BrN3O. The van der Waals surface area contributed by atoms with Crippen molar-refractivity contribution in [3.05, 3.63) is 85.6 Å². The molecule has 4 rings (SSSR count). The van der Waals surface area contributed by atoms with Gasteiger partial charge in [0.05, 0.1) is 18.3 Å². The number of H-pyrrole nitrogens is 1. The van der Waals surface area contributed by atoms with Gasteiger partial charge in [-0.2, -0.15) is 5.10 Å². The molecule has 3 aromatic rings. The van der Waals surface area contributed by atoms with E-state index in [9.17, 15) is 5.11 Å². The number of nitrogens with one attached hydrogen (secondary N) is 1. The fourth-order valence-electron chi connectivity index (χ4n) is 5.20. The summed E-state index contributed by atoms with van der Waals surface area (Å²) >= 11 is 3.67. The SMILES string of the molecule is CCc1n[nH]c(CC)c1C(c1c(C)cc(Br)cc1C)N1Cc2ccccc2CC1CO. The van der Waals surface area contributed by atoms with E-state index in [-0.39, 0.29) is 18.7 Å². The second-order valence-electron chi connectivity index (χ2n) is 8.61. The molecule has 0 fully saturated rings. The first-order valence-electron chi connectivity index (χ1n) is 11.2. The quantitative estimate of drug-likeness (QED) is 0.493. The minimum Gasteiger partial charge on any atom is -0.395 e. The van der Waals surface area contributed by atoms with Crippen molar-refractivity contribution in [2.24, 2.45) is 0 Å². The van der Waals surface area contributed by atoms with Crippen molar-refractivity contribution in [2.45, 2.75) is 65.6 Å². The standard InChI is InChI=1S/C26H32BrN3O/c1-5-22-25(23(6-2)29-28-22)26(24-16(3)11-20(27)12-17(24)4)30-14-19-10-8-7-9-18(19)13-21(30)15-31/h7-12,21,26,31H,5-6,13-15H2,1-4H3,(H,28,29). The van der Waals surface area contributed by atoms with E-state index in [0.29, 0.717) is 0 Å². The van der Waals surface area contributed by atoms with Crippen LogP contribution in [0.3, 0.4) is 0 Å². The summed E-state index contributed by atoms with van der Waals surface area (Å²) in [5.41, 5.74) is 10.2. The third-order valence-corrected chi connectivity index (χ3v) is 7.15. The Labute approximate surface area is 193 Å². The lowest BCUT2D eigenvalue weighted by Gasteiger charge is -2.43. The number of aliphatic hydroxyl groups excluding tert-OH is 1. The lowest BCUT2D eigenvalue weighted by Crippen LogP contribution is -2.45. The Hall–Kier alpha value is -1.95. The van der Waals surface area contributed by atoms with Crippen molar-refractivity contribution in [3.8, 4) is 0 Å². The van der Waals surface area contributed by atoms with Crippen molar-refractivity contribution in [1.29, 1.82) is 0 Å². The highest BCUT2D eigenvalue weighted by Gasteiger charge is 2.37. The first-order chi connectivity index (χ1) is 15.0. The van der Waals surface area contributed by atoms with Gasteiger partial charge in [-0.05, 0) is 73.1 Å². The Bertz CT molecular complexity index is 1030. The molecule has 1 aliphatic heterocycles. The van der Waals surface area contributed by atoms with Gasteiger partial charge in [0, 0.05) is 28.3 Å². The molecule has 2 atom stereocenters. The average molecular weight is 482 g/mol. The van der Waals surface area contributed by atoms with Crippen molar-refractivity contribution in [3.63, 3.8) is 0 Å². The molecule has 31 heavy (non-hydrogen) atoms. The van der Waals surface area contributed by atoms with Crippen LogP contribution in [0.15, 0.2) is 40.9 Å². The zero-order valence-electron chi connectivity index (χ0n) is 18.9. The smallest absolute Gasteiger partial charge is 0.0673 e. The highest BCUT2D eigenvalue weighted by atomic mass is 79.9. The van der Waals surface area contributed by atoms with Crippen LogP contribution < -0.4 is 0 Å². The molecule has 2 unspecified atom stereocenters. The van der Waals surface area contributed by atoms with Gasteiger partial charge >= 0.3 is 0 Å². The molecule has 0 saturated carbocycles. The first kappa shape index (κ1) is 22.3. The van der Waals surface area contributed by atoms with Crippen LogP contribution in [0.5, 0.6) is 0 Å². The van der Waals surface area contributed by atoms with Gasteiger partial charge in [-0.25, -0.2) is 0 Å². The lowest BCUT2D eigenvalue weighted by molar-refractivity contribution is 0.0788. The zero-order chi connectivity index (χ0) is 22.1. The maximum atomic E-state index is 10.4. The summed E-state index contributed by atoms with van der Waals surface area (Å²) in [4.78, 5) is 2.51. The topological polar surface area (TPSA) is 52.2 Å². The molecule has 2 heterocycles. The molecule has 0 bridgehead atoms. The minimum absolute atomic E-state index is 0.0438. The molecule has 0 amide bonds. The van der Waals surface area contributed by atoms with Crippen LogP contribution in [-0.4, -0.2) is 32.9 Å². The number of benzene rings is 2. The molecule has 1 aromatic heterocycles. The maximum Gasteiger partial charge on any atom is 0.0673 e. The summed E-state index contributed by atoms with van der Waals surface area (Å²) in [6, 6.07) is 13.2. The number of rotatable bonds is 6. The van der Waals surface area contributed by atoms with E-state index in [1.807, 2.05) is 0 Å². The van der Waals surface area contributed by atoms with Gasteiger partial charge in [0.25, 0.3) is 0 Å². The molecule has 2 N–H and O–H groups in total. The highest BCUT2D eigenvalue weighted by molar-refractivity contribution is 9.10. The summed E-state index contributed by atoms with van der Waals surface area (Å²) < 4.78 is 1.10. The van der Waals surface area contributed by atoms with Crippen LogP contribution in [0, 0.1) is 13.8 Å². The van der Waals surface area contributed by atoms with E-state index in [2.05, 4.69) is 90.0 Å². The van der Waals surface area contributed by atoms with Crippen molar-refractivity contribution in [1.82, 2.24) is 15.1 Å². The van der Waals surface area contributed by atoms with E-state index < -0.39 is 0 Å². The van der Waals surface area contributed by atoms with Gasteiger partial charge in [0.2, 0.25) is 0 Å². The van der Waals surface area contributed by atoms with E-state index in [0.717, 1.165) is 36.0 Å². The Morgan fingerprint density at radius 1 is 1.10 bits per heavy atom. The molecule has 0 saturated heterocycles. The number of nitrogens with zero attached hydrogens (tertiary/aromatic N) is 2. The average Bonchev–Trinajstić information content (AvgIpc) is 3.17. The Kier molecular flexibility index (Phi) is 6.65. The van der Waals surface area contributed by atoms with E-state index >= 15 is 0 Å². The van der Waals surface area contributed by atoms with Crippen molar-refractivity contribution < 1.29 is 5.11 Å². The monoisotopic (exact) mass is 481 g/mol. The third kappa shape index (κ3) is 4.11. The molecule has 0 radical (unpaired) electrons. The number of hydrogen-bond donors (Lipinski definition) is 2. The second-order valence-corrected chi connectivity index (χ2v) is 9.52. The Morgan fingerprint density at radius 2 is 1.77 bits per heavy atom. The summed E-state index contributed by atoms with van der Waals surface area (Å²) in [7, 11) is 0. The largest absolute Gasteiger partial charge is 0.395 e. The van der Waals surface area contributed by atoms with Gasteiger partial charge in [-0.3, -0.25) is 10.00 Å². The normalized spacial score (nSPS) is 17.5. The summed E-state index contributed by atoms with van der Waals surface area (Å²) in [6.45, 7) is 9.71. The highest BCUT2D eigenvalue weighted by Crippen LogP contribution is 2.41. The first-order valence-corrected chi connectivity index (χ1v) is 12.0. The van der Waals surface area contributed by atoms with E-state index in [1.165, 1.54) is 39.1 Å². The predicted octanol–water partition coefficient (Wildman–Crippen LogP) is 5.42. The van der Waals surface area contributed by atoms with Gasteiger partial charge < -0.3 is 5.11 Å². The summed E-state index contributed by atoms with van der Waals surface area (Å²) in [6.07, 6.45) is 2.64. The molecule has 2 aromatic carbocycles. The van der Waals surface area contributed by atoms with Gasteiger partial charge in [-0.15, -0.1) is 0 Å². The van der Waals surface area contributed by atoms with Crippen LogP contribution in [-0.2, 0) is 25.8 Å². The van der Waals surface area contributed by atoms with Gasteiger partial charge in [0.15, 0.2) is 0 Å². The minimum atomic E-state index is 0.0438. The number of aromatic nitrogens is 2. The van der Waals surface area contributed by atoms with Crippen LogP contribution in [0.4, 0.5) is 0 Å². The number of aromatic amines is 1. The van der Waals surface area contributed by atoms with Crippen molar-refractivity contribution in [2.75, 3.05) is 6.61 Å². The number of halogens is 1. The molecule has 0 spiro atoms. The number of hydrogen-bond acceptors (Lipinski definition) is 3. The number of fused-ring (bicyclic) bond motifs is 1. The summed E-state index contributed by atoms with van der Waals surface area (Å²) in [5.74, 6) is 0. The Morgan fingerprint density at radius 3 is 2.39 bits per heavy atom. The zero-order valence-corrected chi connectivity index (χ0v) is 20.5. The molecule has 164 valence electrons. The maximum absolute atomic E-state index is 10.4. The summed E-state index contributed by atoms with van der Waals surface area (Å²) in [5, 5.41) is 18.5. The number of aliphatic hydroxyl groups is 1. The molecule has 0 aliphatic carbocycles. The lowest BCUT2D eigenvalue weighted by atomic mass is 9.84. The second kappa shape index (κ2) is 9.27. The molecule has 4 nitrogen and oxygen atoms in total. The van der Waals surface area contributed by atoms with E-state index in [4.69, 9.17) is 5.10 Å². The Balaban J connectivity index is 1.95. The third-order valence-electron chi connectivity index (χ3n) is 6.69. The van der Waals surface area contributed by atoms with Gasteiger partial charge in [0.1, 0.15) is 0 Å². The van der Waals surface area contributed by atoms with E-state index in [1.54, 1.807) is 0 Å². The van der Waals surface area contributed by atoms with Gasteiger partial charge in [-0.1, -0.05) is 54.0 Å². The molecule has 1 aliphatic rings. The fourth-order valence-corrected chi connectivity index (χ4v) is 5.89. The molecule has 5 heteroatoms. The van der Waals surface area contributed by atoms with Crippen LogP contribution in [0.25, 0.3) is 0 Å². The van der Waals surface area contributed by atoms with Crippen molar-refractivity contribution >= 4 is 15.9 Å². The molecular weight excluding hydrogens is 450 g/mol. The fraction of sp³-hybridized carbons (Fsp3) is 0.423.